The van der Waals surface area contributed by atoms with Crippen molar-refractivity contribution in [2.75, 3.05) is 11.5 Å². The van der Waals surface area contributed by atoms with Gasteiger partial charge in [-0.15, -0.1) is 22.7 Å². The molecule has 0 radical (unpaired) electrons. The van der Waals surface area contributed by atoms with Crippen molar-refractivity contribution in [2.24, 2.45) is 0 Å². The van der Waals surface area contributed by atoms with Gasteiger partial charge in [0.2, 0.25) is 0 Å². The van der Waals surface area contributed by atoms with Crippen molar-refractivity contribution in [3.63, 3.8) is 0 Å². The topological polar surface area (TPSA) is 93.3 Å². The van der Waals surface area contributed by atoms with Gasteiger partial charge in [0.05, 0.1) is 28.6 Å². The van der Waals surface area contributed by atoms with E-state index in [-0.39, 0.29) is 22.3 Å². The molecule has 3 aromatic heterocycles. The van der Waals surface area contributed by atoms with E-state index in [1.54, 1.807) is 11.3 Å². The molecule has 156 valence electrons. The predicted molar refractivity (Wildman–Crippen MR) is 126 cm³/mol. The number of nitrogens with two attached hydrogens (primary N) is 1. The third-order valence-corrected chi connectivity index (χ3v) is 9.34. The molecule has 4 rings (SSSR count). The number of nitrogen functional groups attached to an aromatic ring is 1. The standard InChI is InChI=1S/C22H22N2O3S3/c1-2-3-11-30(26,27)22-20(23)19-16(15-8-6-14(13-25)7-9-15)12-17(24-21(19)29-22)18-5-4-10-28-18/h4-10,12,25H,2-3,11,13,23H2,1H3. The number of benzene rings is 1. The lowest BCUT2D eigenvalue weighted by Crippen LogP contribution is -2.06. The van der Waals surface area contributed by atoms with Gasteiger partial charge in [-0.25, -0.2) is 13.4 Å². The smallest absolute Gasteiger partial charge is 0.189 e. The Balaban J connectivity index is 1.97. The maximum absolute atomic E-state index is 12.9. The molecule has 0 spiro atoms. The van der Waals surface area contributed by atoms with Crippen molar-refractivity contribution >= 4 is 48.4 Å². The van der Waals surface area contributed by atoms with Crippen LogP contribution in [0.2, 0.25) is 0 Å². The number of nitrogens with zero attached hydrogens (tertiary/aromatic N) is 1. The first-order valence-electron chi connectivity index (χ1n) is 9.64. The van der Waals surface area contributed by atoms with E-state index < -0.39 is 9.84 Å². The summed E-state index contributed by atoms with van der Waals surface area (Å²) >= 11 is 2.73. The Hall–Kier alpha value is -2.26. The number of aliphatic hydroxyl groups is 1. The van der Waals surface area contributed by atoms with E-state index in [4.69, 9.17) is 10.7 Å². The van der Waals surface area contributed by atoms with Gasteiger partial charge in [0, 0.05) is 5.39 Å². The van der Waals surface area contributed by atoms with Gasteiger partial charge in [0.1, 0.15) is 9.04 Å². The van der Waals surface area contributed by atoms with E-state index in [1.165, 1.54) is 0 Å². The van der Waals surface area contributed by atoms with Gasteiger partial charge >= 0.3 is 0 Å². The number of rotatable bonds is 7. The Morgan fingerprint density at radius 1 is 1.17 bits per heavy atom. The molecule has 0 saturated heterocycles. The zero-order valence-electron chi connectivity index (χ0n) is 16.5. The largest absolute Gasteiger partial charge is 0.396 e. The molecule has 0 unspecified atom stereocenters. The van der Waals surface area contributed by atoms with Crippen LogP contribution in [0.5, 0.6) is 0 Å². The number of unbranched alkanes of at least 4 members (excludes halogenated alkanes) is 1. The highest BCUT2D eigenvalue weighted by molar-refractivity contribution is 7.93. The highest BCUT2D eigenvalue weighted by atomic mass is 32.2. The van der Waals surface area contributed by atoms with Crippen LogP contribution in [-0.2, 0) is 16.4 Å². The van der Waals surface area contributed by atoms with Gasteiger partial charge in [-0.2, -0.15) is 0 Å². The summed E-state index contributed by atoms with van der Waals surface area (Å²) in [7, 11) is -3.47. The average Bonchev–Trinajstić information content (AvgIpc) is 3.40. The molecule has 0 bridgehead atoms. The van der Waals surface area contributed by atoms with Crippen molar-refractivity contribution in [1.29, 1.82) is 0 Å². The summed E-state index contributed by atoms with van der Waals surface area (Å²) in [6.45, 7) is 1.93. The van der Waals surface area contributed by atoms with E-state index in [0.717, 1.165) is 45.0 Å². The molecule has 0 aliphatic rings. The molecule has 1 aromatic carbocycles. The maximum atomic E-state index is 12.9. The fourth-order valence-electron chi connectivity index (χ4n) is 3.33. The van der Waals surface area contributed by atoms with Gasteiger partial charge in [-0.05, 0) is 40.6 Å². The fourth-order valence-corrected chi connectivity index (χ4v) is 7.15. The number of sulfone groups is 1. The van der Waals surface area contributed by atoms with Gasteiger partial charge in [-0.3, -0.25) is 0 Å². The first-order valence-corrected chi connectivity index (χ1v) is 13.0. The number of anilines is 1. The molecule has 3 heterocycles. The lowest BCUT2D eigenvalue weighted by atomic mass is 10.0. The molecule has 4 aromatic rings. The van der Waals surface area contributed by atoms with Crippen LogP contribution >= 0.6 is 22.7 Å². The first-order chi connectivity index (χ1) is 14.4. The second kappa shape index (κ2) is 8.47. The number of pyridine rings is 1. The van der Waals surface area contributed by atoms with Crippen LogP contribution in [0.15, 0.2) is 52.1 Å². The molecule has 30 heavy (non-hydrogen) atoms. The highest BCUT2D eigenvalue weighted by Crippen LogP contribution is 2.44. The Morgan fingerprint density at radius 3 is 2.57 bits per heavy atom. The first kappa shape index (κ1) is 21.0. The molecule has 0 aliphatic carbocycles. The molecule has 0 saturated carbocycles. The number of aliphatic hydroxyl groups excluding tert-OH is 1. The molecular formula is C22H22N2O3S3. The number of hydrogen-bond acceptors (Lipinski definition) is 7. The Morgan fingerprint density at radius 2 is 1.93 bits per heavy atom. The second-order valence-corrected chi connectivity index (χ2v) is 11.3. The number of hydrogen-bond donors (Lipinski definition) is 2. The molecule has 0 aliphatic heterocycles. The summed E-state index contributed by atoms with van der Waals surface area (Å²) in [5.41, 5.74) is 10.0. The summed E-state index contributed by atoms with van der Waals surface area (Å²) in [5, 5.41) is 12.0. The Labute approximate surface area is 183 Å². The third-order valence-electron chi connectivity index (χ3n) is 4.94. The Bertz CT molecular complexity index is 1280. The van der Waals surface area contributed by atoms with Crippen LogP contribution in [0, 0.1) is 0 Å². The van der Waals surface area contributed by atoms with Gasteiger partial charge < -0.3 is 10.8 Å². The number of thiophene rings is 2. The van der Waals surface area contributed by atoms with Crippen LogP contribution < -0.4 is 5.73 Å². The lowest BCUT2D eigenvalue weighted by molar-refractivity contribution is 0.282. The van der Waals surface area contributed by atoms with Crippen LogP contribution in [0.3, 0.4) is 0 Å². The quantitative estimate of drug-likeness (QED) is 0.390. The number of fused-ring (bicyclic) bond motifs is 1. The van der Waals surface area contributed by atoms with Crippen LogP contribution in [0.1, 0.15) is 25.3 Å². The molecule has 5 nitrogen and oxygen atoms in total. The Kier molecular flexibility index (Phi) is 5.92. The van der Waals surface area contributed by atoms with Crippen molar-refractivity contribution < 1.29 is 13.5 Å². The highest BCUT2D eigenvalue weighted by Gasteiger charge is 2.25. The van der Waals surface area contributed by atoms with Crippen LogP contribution in [-0.4, -0.2) is 24.3 Å². The zero-order valence-corrected chi connectivity index (χ0v) is 18.9. The van der Waals surface area contributed by atoms with Crippen LogP contribution in [0.25, 0.3) is 31.9 Å². The summed E-state index contributed by atoms with van der Waals surface area (Å²) in [6, 6.07) is 13.5. The fraction of sp³-hybridized carbons (Fsp3) is 0.227. The molecule has 0 fully saturated rings. The summed E-state index contributed by atoms with van der Waals surface area (Å²) in [5.74, 6) is 0.0822. The van der Waals surface area contributed by atoms with Crippen molar-refractivity contribution in [1.82, 2.24) is 4.98 Å². The molecule has 8 heteroatoms. The van der Waals surface area contributed by atoms with Gasteiger partial charge in [0.15, 0.2) is 9.84 Å². The monoisotopic (exact) mass is 458 g/mol. The van der Waals surface area contributed by atoms with E-state index in [1.807, 2.05) is 54.8 Å². The van der Waals surface area contributed by atoms with Crippen LogP contribution in [0.4, 0.5) is 5.69 Å². The van der Waals surface area contributed by atoms with Crippen molar-refractivity contribution in [2.45, 2.75) is 30.6 Å². The molecule has 3 N–H and O–H groups in total. The number of aromatic nitrogens is 1. The minimum atomic E-state index is -3.47. The maximum Gasteiger partial charge on any atom is 0.189 e. The van der Waals surface area contributed by atoms with Gasteiger partial charge in [-0.1, -0.05) is 43.7 Å². The lowest BCUT2D eigenvalue weighted by Gasteiger charge is -2.09. The van der Waals surface area contributed by atoms with E-state index in [9.17, 15) is 13.5 Å². The summed E-state index contributed by atoms with van der Waals surface area (Å²) in [4.78, 5) is 6.38. The normalized spacial score (nSPS) is 11.9. The van der Waals surface area contributed by atoms with Crippen molar-refractivity contribution in [3.8, 4) is 21.7 Å². The third kappa shape index (κ3) is 3.88. The summed E-state index contributed by atoms with van der Waals surface area (Å²) < 4.78 is 26.0. The minimum Gasteiger partial charge on any atom is -0.396 e. The van der Waals surface area contributed by atoms with E-state index >= 15 is 0 Å². The molecule has 0 atom stereocenters. The predicted octanol–water partition coefficient (Wildman–Crippen LogP) is 5.34. The second-order valence-electron chi connectivity index (χ2n) is 7.04. The van der Waals surface area contributed by atoms with E-state index in [0.29, 0.717) is 16.6 Å². The average molecular weight is 459 g/mol. The SMILES string of the molecule is CCCCS(=O)(=O)c1sc2nc(-c3cccs3)cc(-c3ccc(CO)cc3)c2c1N. The zero-order chi connectivity index (χ0) is 21.3. The van der Waals surface area contributed by atoms with E-state index in [2.05, 4.69) is 0 Å². The minimum absolute atomic E-state index is 0.0348. The van der Waals surface area contributed by atoms with Crippen molar-refractivity contribution in [3.05, 3.63) is 53.4 Å². The molecular weight excluding hydrogens is 436 g/mol. The molecule has 0 amide bonds. The van der Waals surface area contributed by atoms with Gasteiger partial charge in [0.25, 0.3) is 0 Å². The summed E-state index contributed by atoms with van der Waals surface area (Å²) in [6.07, 6.45) is 1.40.